The van der Waals surface area contributed by atoms with Crippen molar-refractivity contribution in [2.75, 3.05) is 19.6 Å². The fourth-order valence-corrected chi connectivity index (χ4v) is 4.63. The third kappa shape index (κ3) is 3.72. The van der Waals surface area contributed by atoms with Gasteiger partial charge >= 0.3 is 0 Å². The molecule has 0 saturated carbocycles. The summed E-state index contributed by atoms with van der Waals surface area (Å²) < 4.78 is 0. The Morgan fingerprint density at radius 1 is 0.840 bits per heavy atom. The highest BCUT2D eigenvalue weighted by atomic mass is 15.1. The van der Waals surface area contributed by atoms with Gasteiger partial charge in [-0.25, -0.2) is 0 Å². The lowest BCUT2D eigenvalue weighted by molar-refractivity contribution is 0.156. The molecule has 0 bridgehead atoms. The van der Waals surface area contributed by atoms with Crippen LogP contribution in [0.25, 0.3) is 6.08 Å². The number of rotatable bonds is 5. The fraction of sp³-hybridized carbons (Fsp3) is 0.417. The number of fused-ring (bicyclic) bond motifs is 2. The molecule has 1 spiro atoms. The zero-order valence-electron chi connectivity index (χ0n) is 15.2. The average Bonchev–Trinajstić information content (AvgIpc) is 2.68. The first-order valence-electron chi connectivity index (χ1n) is 9.88. The predicted molar refractivity (Wildman–Crippen MR) is 107 cm³/mol. The average molecular weight is 332 g/mol. The summed E-state index contributed by atoms with van der Waals surface area (Å²) in [4.78, 5) is 2.69. The van der Waals surface area contributed by atoms with E-state index in [-0.39, 0.29) is 0 Å². The second-order valence-corrected chi connectivity index (χ2v) is 7.76. The smallest absolute Gasteiger partial charge is 0.00178 e. The summed E-state index contributed by atoms with van der Waals surface area (Å²) in [6.07, 6.45) is 12.4. The van der Waals surface area contributed by atoms with Crippen molar-refractivity contribution >= 4 is 6.08 Å². The number of hydrogen-bond acceptors (Lipinski definition) is 1. The van der Waals surface area contributed by atoms with Crippen LogP contribution in [0.15, 0.2) is 60.7 Å². The number of piperidine rings is 1. The Balaban J connectivity index is 1.27. The van der Waals surface area contributed by atoms with Crippen molar-refractivity contribution < 1.29 is 0 Å². The lowest BCUT2D eigenvalue weighted by Gasteiger charge is -2.44. The van der Waals surface area contributed by atoms with Crippen molar-refractivity contribution in [2.24, 2.45) is 0 Å². The first-order chi connectivity index (χ1) is 12.4. The van der Waals surface area contributed by atoms with Crippen LogP contribution in [0.3, 0.4) is 0 Å². The van der Waals surface area contributed by atoms with E-state index in [1.807, 2.05) is 0 Å². The summed E-state index contributed by atoms with van der Waals surface area (Å²) in [5.41, 5.74) is 4.93. The van der Waals surface area contributed by atoms with E-state index < -0.39 is 0 Å². The molecule has 1 heterocycles. The molecule has 0 unspecified atom stereocenters. The number of allylic oxidation sites excluding steroid dienone is 1. The van der Waals surface area contributed by atoms with Crippen LogP contribution in [0, 0.1) is 0 Å². The quantitative estimate of drug-likeness (QED) is 0.658. The van der Waals surface area contributed by atoms with Gasteiger partial charge in [0.2, 0.25) is 0 Å². The second-order valence-electron chi connectivity index (χ2n) is 7.76. The summed E-state index contributed by atoms with van der Waals surface area (Å²) in [6.45, 7) is 3.78. The van der Waals surface area contributed by atoms with Gasteiger partial charge in [0, 0.05) is 5.41 Å². The van der Waals surface area contributed by atoms with Crippen LogP contribution in [0.4, 0.5) is 0 Å². The summed E-state index contributed by atoms with van der Waals surface area (Å²) in [5, 5.41) is 0. The van der Waals surface area contributed by atoms with Gasteiger partial charge in [-0.05, 0) is 74.8 Å². The molecule has 2 aromatic rings. The number of benzene rings is 2. The first-order valence-corrected chi connectivity index (χ1v) is 9.88. The van der Waals surface area contributed by atoms with Crippen LogP contribution in [0.1, 0.15) is 48.8 Å². The largest absolute Gasteiger partial charge is 0.303 e. The normalized spacial score (nSPS) is 19.0. The number of hydrogen-bond donors (Lipinski definition) is 0. The number of nitrogens with zero attached hydrogens (tertiary/aromatic N) is 1. The Labute approximate surface area is 152 Å². The maximum atomic E-state index is 2.69. The molecule has 0 radical (unpaired) electrons. The maximum absolute atomic E-state index is 2.69. The maximum Gasteiger partial charge on any atom is 0.00178 e. The summed E-state index contributed by atoms with van der Waals surface area (Å²) in [5.74, 6) is 0. The van der Waals surface area contributed by atoms with Crippen molar-refractivity contribution in [2.45, 2.75) is 43.9 Å². The van der Waals surface area contributed by atoms with E-state index in [4.69, 9.17) is 0 Å². The van der Waals surface area contributed by atoms with Crippen LogP contribution < -0.4 is 0 Å². The molecule has 4 rings (SSSR count). The lowest BCUT2D eigenvalue weighted by atomic mass is 9.67. The van der Waals surface area contributed by atoms with Crippen LogP contribution in [-0.4, -0.2) is 24.5 Å². The van der Waals surface area contributed by atoms with E-state index in [0.717, 1.165) is 0 Å². The van der Waals surface area contributed by atoms with Crippen LogP contribution in [0.2, 0.25) is 0 Å². The molecule has 1 saturated heterocycles. The van der Waals surface area contributed by atoms with Gasteiger partial charge in [0.05, 0.1) is 0 Å². The summed E-state index contributed by atoms with van der Waals surface area (Å²) in [6, 6.07) is 19.9. The molecule has 1 nitrogen and oxygen atoms in total. The molecule has 2 aromatic carbocycles. The molecule has 1 aliphatic heterocycles. The highest BCUT2D eigenvalue weighted by molar-refractivity contribution is 5.59. The number of unbranched alkanes of at least 4 members (excludes halogenated alkanes) is 1. The second kappa shape index (κ2) is 7.58. The standard InChI is InChI=1S/C24H29N/c1-2-9-21(10-3-1)11-6-7-18-25-19-16-24(17-20-25)15-8-13-22-12-4-5-14-23(22)24/h1-5,8-10,12-14H,6-7,11,15-20H2. The van der Waals surface area contributed by atoms with Crippen LogP contribution in [0.5, 0.6) is 0 Å². The van der Waals surface area contributed by atoms with Crippen molar-refractivity contribution in [3.63, 3.8) is 0 Å². The minimum absolute atomic E-state index is 0.409. The van der Waals surface area contributed by atoms with E-state index in [2.05, 4.69) is 71.6 Å². The van der Waals surface area contributed by atoms with Gasteiger partial charge in [-0.2, -0.15) is 0 Å². The van der Waals surface area contributed by atoms with E-state index in [1.165, 1.54) is 69.3 Å². The summed E-state index contributed by atoms with van der Waals surface area (Å²) in [7, 11) is 0. The molecule has 1 fully saturated rings. The highest BCUT2D eigenvalue weighted by Crippen LogP contribution is 2.43. The molecule has 0 N–H and O–H groups in total. The van der Waals surface area contributed by atoms with Gasteiger partial charge < -0.3 is 4.90 Å². The monoisotopic (exact) mass is 331 g/mol. The molecule has 1 aliphatic carbocycles. The van der Waals surface area contributed by atoms with Crippen molar-refractivity contribution in [1.29, 1.82) is 0 Å². The van der Waals surface area contributed by atoms with Crippen molar-refractivity contribution in [3.8, 4) is 0 Å². The van der Waals surface area contributed by atoms with Gasteiger partial charge in [0.1, 0.15) is 0 Å². The molecule has 2 aliphatic rings. The Hall–Kier alpha value is -1.86. The minimum atomic E-state index is 0.409. The topological polar surface area (TPSA) is 3.24 Å². The molecule has 0 aromatic heterocycles. The van der Waals surface area contributed by atoms with E-state index in [0.29, 0.717) is 5.41 Å². The van der Waals surface area contributed by atoms with E-state index in [9.17, 15) is 0 Å². The van der Waals surface area contributed by atoms with Gasteiger partial charge in [0.15, 0.2) is 0 Å². The molecule has 1 heteroatoms. The van der Waals surface area contributed by atoms with E-state index in [1.54, 1.807) is 5.56 Å². The Morgan fingerprint density at radius 3 is 2.44 bits per heavy atom. The Kier molecular flexibility index (Phi) is 5.03. The van der Waals surface area contributed by atoms with Crippen molar-refractivity contribution in [3.05, 3.63) is 77.4 Å². The highest BCUT2D eigenvalue weighted by Gasteiger charge is 2.37. The van der Waals surface area contributed by atoms with Gasteiger partial charge in [-0.15, -0.1) is 0 Å². The SMILES string of the molecule is C1=Cc2ccccc2C2(C1)CCN(CCCCc1ccccc1)CC2. The first kappa shape index (κ1) is 16.6. The molecule has 0 amide bonds. The lowest BCUT2D eigenvalue weighted by Crippen LogP contribution is -2.43. The zero-order chi connectivity index (χ0) is 17.0. The Bertz CT molecular complexity index is 708. The predicted octanol–water partition coefficient (Wildman–Crippen LogP) is 5.46. The van der Waals surface area contributed by atoms with Gasteiger partial charge in [-0.1, -0.05) is 66.7 Å². The third-order valence-electron chi connectivity index (χ3n) is 6.18. The number of aryl methyl sites for hydroxylation is 1. The number of likely N-dealkylation sites (tertiary alicyclic amines) is 1. The third-order valence-corrected chi connectivity index (χ3v) is 6.18. The van der Waals surface area contributed by atoms with Gasteiger partial charge in [0.25, 0.3) is 0 Å². The van der Waals surface area contributed by atoms with Gasteiger partial charge in [-0.3, -0.25) is 0 Å². The minimum Gasteiger partial charge on any atom is -0.303 e. The molecular weight excluding hydrogens is 302 g/mol. The molecule has 25 heavy (non-hydrogen) atoms. The van der Waals surface area contributed by atoms with Crippen LogP contribution >= 0.6 is 0 Å². The van der Waals surface area contributed by atoms with Crippen LogP contribution in [-0.2, 0) is 11.8 Å². The van der Waals surface area contributed by atoms with E-state index >= 15 is 0 Å². The Morgan fingerprint density at radius 2 is 1.60 bits per heavy atom. The summed E-state index contributed by atoms with van der Waals surface area (Å²) >= 11 is 0. The fourth-order valence-electron chi connectivity index (χ4n) is 4.63. The molecular formula is C24H29N. The molecule has 0 atom stereocenters. The zero-order valence-corrected chi connectivity index (χ0v) is 15.2. The van der Waals surface area contributed by atoms with Crippen molar-refractivity contribution in [1.82, 2.24) is 4.90 Å². The molecule has 130 valence electrons.